The van der Waals surface area contributed by atoms with E-state index in [1.54, 1.807) is 11.3 Å². The Hall–Kier alpha value is -1.56. The van der Waals surface area contributed by atoms with Crippen molar-refractivity contribution in [2.24, 2.45) is 0 Å². The van der Waals surface area contributed by atoms with Crippen molar-refractivity contribution < 1.29 is 14.7 Å². The zero-order valence-electron chi connectivity index (χ0n) is 8.03. The molecule has 0 atom stereocenters. The average molecular weight is 228 g/mol. The number of nitrogens with one attached hydrogen (secondary N) is 2. The number of carbonyl (C=O) groups is 2. The highest BCUT2D eigenvalue weighted by Crippen LogP contribution is 2.04. The van der Waals surface area contributed by atoms with E-state index in [9.17, 15) is 9.59 Å². The van der Waals surface area contributed by atoms with Crippen LogP contribution in [-0.2, 0) is 11.3 Å². The van der Waals surface area contributed by atoms with Gasteiger partial charge in [0.15, 0.2) is 0 Å². The van der Waals surface area contributed by atoms with Crippen LogP contribution in [0.3, 0.4) is 0 Å². The van der Waals surface area contributed by atoms with Crippen molar-refractivity contribution >= 4 is 23.3 Å². The summed E-state index contributed by atoms with van der Waals surface area (Å²) in [6.45, 7) is 0.604. The van der Waals surface area contributed by atoms with Gasteiger partial charge in [0.05, 0.1) is 6.42 Å². The summed E-state index contributed by atoms with van der Waals surface area (Å²) in [7, 11) is 0. The van der Waals surface area contributed by atoms with Gasteiger partial charge in [0.25, 0.3) is 0 Å². The highest BCUT2D eigenvalue weighted by Gasteiger charge is 2.01. The van der Waals surface area contributed by atoms with E-state index in [1.165, 1.54) is 0 Å². The number of carboxylic acid groups (broad SMARTS) is 1. The van der Waals surface area contributed by atoms with Gasteiger partial charge in [0.1, 0.15) is 0 Å². The van der Waals surface area contributed by atoms with Gasteiger partial charge < -0.3 is 15.7 Å². The molecule has 1 aromatic rings. The SMILES string of the molecule is O=C(O)CCNC(=O)NCc1ccsc1. The summed E-state index contributed by atoms with van der Waals surface area (Å²) in [6, 6.07) is 1.57. The third-order valence-corrected chi connectivity index (χ3v) is 2.39. The number of rotatable bonds is 5. The first-order valence-corrected chi connectivity index (χ1v) is 5.37. The minimum Gasteiger partial charge on any atom is -0.481 e. The molecule has 1 heterocycles. The van der Waals surface area contributed by atoms with E-state index in [-0.39, 0.29) is 19.0 Å². The second-order valence-corrected chi connectivity index (χ2v) is 3.66. The zero-order valence-corrected chi connectivity index (χ0v) is 8.84. The molecule has 1 rings (SSSR count). The Kier molecular flexibility index (Phi) is 4.62. The lowest BCUT2D eigenvalue weighted by atomic mass is 10.3. The van der Waals surface area contributed by atoms with Crippen molar-refractivity contribution in [3.63, 3.8) is 0 Å². The van der Waals surface area contributed by atoms with Crippen molar-refractivity contribution in [1.82, 2.24) is 10.6 Å². The van der Waals surface area contributed by atoms with Crippen LogP contribution in [0, 0.1) is 0 Å². The standard InChI is InChI=1S/C9H12N2O3S/c12-8(13)1-3-10-9(14)11-5-7-2-4-15-6-7/h2,4,6H,1,3,5H2,(H,12,13)(H2,10,11,14). The molecule has 3 N–H and O–H groups in total. The third-order valence-electron chi connectivity index (χ3n) is 1.66. The molecule has 0 bridgehead atoms. The van der Waals surface area contributed by atoms with Crippen LogP contribution >= 0.6 is 11.3 Å². The molecule has 0 radical (unpaired) electrons. The van der Waals surface area contributed by atoms with Crippen LogP contribution in [0.4, 0.5) is 4.79 Å². The lowest BCUT2D eigenvalue weighted by Crippen LogP contribution is -2.36. The van der Waals surface area contributed by atoms with E-state index in [0.29, 0.717) is 6.54 Å². The van der Waals surface area contributed by atoms with E-state index in [0.717, 1.165) is 5.56 Å². The lowest BCUT2D eigenvalue weighted by Gasteiger charge is -2.04. The maximum Gasteiger partial charge on any atom is 0.315 e. The van der Waals surface area contributed by atoms with Crippen LogP contribution in [0.2, 0.25) is 0 Å². The van der Waals surface area contributed by atoms with Crippen LogP contribution in [0.25, 0.3) is 0 Å². The number of amides is 2. The second kappa shape index (κ2) is 6.02. The molecule has 0 saturated heterocycles. The van der Waals surface area contributed by atoms with E-state index >= 15 is 0 Å². The number of aliphatic carboxylic acids is 1. The van der Waals surface area contributed by atoms with Crippen molar-refractivity contribution in [2.75, 3.05) is 6.54 Å². The Morgan fingerprint density at radius 1 is 1.40 bits per heavy atom. The normalized spacial score (nSPS) is 9.60. The first kappa shape index (κ1) is 11.5. The van der Waals surface area contributed by atoms with Gasteiger partial charge in [0.2, 0.25) is 0 Å². The smallest absolute Gasteiger partial charge is 0.315 e. The summed E-state index contributed by atoms with van der Waals surface area (Å²) in [5, 5.41) is 17.3. The molecule has 6 heteroatoms. The summed E-state index contributed by atoms with van der Waals surface area (Å²) < 4.78 is 0. The van der Waals surface area contributed by atoms with Gasteiger partial charge in [-0.25, -0.2) is 4.79 Å². The number of thiophene rings is 1. The fraction of sp³-hybridized carbons (Fsp3) is 0.333. The van der Waals surface area contributed by atoms with Crippen LogP contribution in [-0.4, -0.2) is 23.7 Å². The van der Waals surface area contributed by atoms with Crippen LogP contribution in [0.1, 0.15) is 12.0 Å². The Morgan fingerprint density at radius 2 is 2.20 bits per heavy atom. The molecule has 0 aromatic carbocycles. The minimum atomic E-state index is -0.923. The summed E-state index contributed by atoms with van der Waals surface area (Å²) in [6.07, 6.45) is -0.0636. The number of carbonyl (C=O) groups excluding carboxylic acids is 1. The topological polar surface area (TPSA) is 78.4 Å². The minimum absolute atomic E-state index is 0.0636. The Labute approximate surface area is 91.1 Å². The highest BCUT2D eigenvalue weighted by molar-refractivity contribution is 7.07. The molecule has 0 aliphatic heterocycles. The quantitative estimate of drug-likeness (QED) is 0.704. The number of hydrogen-bond donors (Lipinski definition) is 3. The molecular formula is C9H12N2O3S. The summed E-state index contributed by atoms with van der Waals surface area (Å²) in [4.78, 5) is 21.3. The maximum atomic E-state index is 11.1. The van der Waals surface area contributed by atoms with E-state index in [2.05, 4.69) is 10.6 Å². The zero-order chi connectivity index (χ0) is 11.1. The maximum absolute atomic E-state index is 11.1. The van der Waals surface area contributed by atoms with Gasteiger partial charge in [-0.1, -0.05) is 0 Å². The molecule has 0 spiro atoms. The molecule has 5 nitrogen and oxygen atoms in total. The van der Waals surface area contributed by atoms with Crippen molar-refractivity contribution in [3.8, 4) is 0 Å². The van der Waals surface area contributed by atoms with Crippen molar-refractivity contribution in [1.29, 1.82) is 0 Å². The molecular weight excluding hydrogens is 216 g/mol. The van der Waals surface area contributed by atoms with E-state index in [4.69, 9.17) is 5.11 Å². The van der Waals surface area contributed by atoms with E-state index in [1.807, 2.05) is 16.8 Å². The molecule has 0 saturated carbocycles. The van der Waals surface area contributed by atoms with Gasteiger partial charge >= 0.3 is 12.0 Å². The summed E-state index contributed by atoms with van der Waals surface area (Å²) in [5.74, 6) is -0.923. The molecule has 1 aromatic heterocycles. The predicted octanol–water partition coefficient (Wildman–Crippen LogP) is 1.02. The van der Waals surface area contributed by atoms with E-state index < -0.39 is 5.97 Å². The molecule has 0 aliphatic carbocycles. The Morgan fingerprint density at radius 3 is 2.80 bits per heavy atom. The molecule has 0 aliphatic rings. The van der Waals surface area contributed by atoms with Crippen LogP contribution in [0.15, 0.2) is 16.8 Å². The molecule has 82 valence electrons. The predicted molar refractivity (Wildman–Crippen MR) is 56.8 cm³/mol. The molecule has 0 fully saturated rings. The monoisotopic (exact) mass is 228 g/mol. The fourth-order valence-corrected chi connectivity index (χ4v) is 1.59. The summed E-state index contributed by atoms with van der Waals surface area (Å²) >= 11 is 1.56. The third kappa shape index (κ3) is 5.02. The largest absolute Gasteiger partial charge is 0.481 e. The van der Waals surface area contributed by atoms with Crippen LogP contribution in [0.5, 0.6) is 0 Å². The van der Waals surface area contributed by atoms with Crippen LogP contribution < -0.4 is 10.6 Å². The molecule has 2 amide bonds. The van der Waals surface area contributed by atoms with Gasteiger partial charge in [-0.2, -0.15) is 11.3 Å². The van der Waals surface area contributed by atoms with Gasteiger partial charge in [0, 0.05) is 13.1 Å². The number of hydrogen-bond acceptors (Lipinski definition) is 3. The fourth-order valence-electron chi connectivity index (χ4n) is 0.921. The van der Waals surface area contributed by atoms with Gasteiger partial charge in [-0.3, -0.25) is 4.79 Å². The van der Waals surface area contributed by atoms with Gasteiger partial charge in [-0.05, 0) is 22.4 Å². The first-order valence-electron chi connectivity index (χ1n) is 4.43. The first-order chi connectivity index (χ1) is 7.18. The highest BCUT2D eigenvalue weighted by atomic mass is 32.1. The average Bonchev–Trinajstić information content (AvgIpc) is 2.66. The van der Waals surface area contributed by atoms with Crippen molar-refractivity contribution in [3.05, 3.63) is 22.4 Å². The Balaban J connectivity index is 2.11. The number of carboxylic acids is 1. The Bertz CT molecular complexity index is 324. The molecule has 0 unspecified atom stereocenters. The number of urea groups is 1. The lowest BCUT2D eigenvalue weighted by molar-refractivity contribution is -0.136. The van der Waals surface area contributed by atoms with Gasteiger partial charge in [-0.15, -0.1) is 0 Å². The second-order valence-electron chi connectivity index (χ2n) is 2.88. The summed E-state index contributed by atoms with van der Waals surface area (Å²) in [5.41, 5.74) is 1.04. The van der Waals surface area contributed by atoms with Crippen molar-refractivity contribution in [2.45, 2.75) is 13.0 Å². The molecule has 15 heavy (non-hydrogen) atoms.